The number of rotatable bonds is 5. The second-order valence-electron chi connectivity index (χ2n) is 13.5. The third-order valence-corrected chi connectivity index (χ3v) is 15.4. The minimum atomic E-state index is -1.57. The van der Waals surface area contributed by atoms with Gasteiger partial charge in [-0.15, -0.1) is 0 Å². The summed E-state index contributed by atoms with van der Waals surface area (Å²) < 4.78 is 0. The van der Waals surface area contributed by atoms with E-state index >= 15 is 0 Å². The zero-order chi connectivity index (χ0) is 22.8. The van der Waals surface area contributed by atoms with Crippen LogP contribution < -0.4 is 0 Å². The largest absolute Gasteiger partial charge is 0.390 e. The van der Waals surface area contributed by atoms with Gasteiger partial charge in [-0.05, 0) is 117 Å². The molecular formula is C30H54O2P+. The summed E-state index contributed by atoms with van der Waals surface area (Å²) in [4.78, 5) is 11.0. The Hall–Kier alpha value is 0.0900. The molecule has 8 atom stereocenters. The molecule has 0 amide bonds. The fraction of sp³-hybridized carbons (Fsp3) is 0.933. The summed E-state index contributed by atoms with van der Waals surface area (Å²) >= 11 is 0. The summed E-state index contributed by atoms with van der Waals surface area (Å²) in [7, 11) is -1.57. The van der Waals surface area contributed by atoms with Crippen molar-refractivity contribution in [3.63, 3.8) is 0 Å². The van der Waals surface area contributed by atoms with Crippen LogP contribution in [0.15, 0.2) is 11.6 Å². The van der Waals surface area contributed by atoms with Crippen molar-refractivity contribution in [3.05, 3.63) is 11.6 Å². The highest BCUT2D eigenvalue weighted by atomic mass is 31.2. The molecule has 5 rings (SSSR count). The molecule has 4 fully saturated rings. The van der Waals surface area contributed by atoms with Crippen LogP contribution >= 0.6 is 7.49 Å². The molecule has 2 nitrogen and oxygen atoms in total. The van der Waals surface area contributed by atoms with Gasteiger partial charge in [-0.2, -0.15) is 0 Å². The summed E-state index contributed by atoms with van der Waals surface area (Å²) in [5.74, 6) is 3.93. The lowest BCUT2D eigenvalue weighted by molar-refractivity contribution is -0.0770. The molecule has 3 saturated carbocycles. The zero-order valence-corrected chi connectivity index (χ0v) is 22.3. The first-order valence-corrected chi connectivity index (χ1v) is 16.4. The Kier molecular flexibility index (Phi) is 7.29. The lowest BCUT2D eigenvalue weighted by atomic mass is 9.47. The van der Waals surface area contributed by atoms with Crippen LogP contribution in [0, 0.1) is 40.4 Å². The minimum Gasteiger partial charge on any atom is -0.390 e. The molecule has 0 bridgehead atoms. The van der Waals surface area contributed by atoms with Crippen molar-refractivity contribution in [1.29, 1.82) is 0 Å². The van der Waals surface area contributed by atoms with Gasteiger partial charge in [-0.1, -0.05) is 46.8 Å². The Morgan fingerprint density at radius 2 is 1.82 bits per heavy atom. The van der Waals surface area contributed by atoms with Crippen LogP contribution in [0.5, 0.6) is 0 Å². The van der Waals surface area contributed by atoms with E-state index in [2.05, 4.69) is 33.8 Å². The molecule has 5 aliphatic rings. The first-order valence-electron chi connectivity index (χ1n) is 14.1. The Balaban J connectivity index is 0.00000259. The number of allylic oxidation sites excluding steroid dienone is 2. The minimum absolute atomic E-state index is 0. The zero-order valence-electron chi connectivity index (χ0n) is 21.4. The fourth-order valence-corrected chi connectivity index (χ4v) is 12.9. The Morgan fingerprint density at radius 1 is 1.09 bits per heavy atom. The molecule has 33 heavy (non-hydrogen) atoms. The molecule has 0 aromatic carbocycles. The van der Waals surface area contributed by atoms with Crippen LogP contribution in [-0.4, -0.2) is 34.1 Å². The Morgan fingerprint density at radius 3 is 2.52 bits per heavy atom. The third kappa shape index (κ3) is 4.31. The summed E-state index contributed by atoms with van der Waals surface area (Å²) in [6, 6.07) is 0. The smallest absolute Gasteiger partial charge is 0.142 e. The van der Waals surface area contributed by atoms with Crippen molar-refractivity contribution in [2.24, 2.45) is 40.4 Å². The quantitative estimate of drug-likeness (QED) is 0.310. The molecule has 3 heteroatoms. The average Bonchev–Trinajstić information content (AvgIpc) is 3.36. The van der Waals surface area contributed by atoms with Crippen LogP contribution in [0.3, 0.4) is 0 Å². The molecule has 0 spiro atoms. The topological polar surface area (TPSA) is 40.5 Å². The van der Waals surface area contributed by atoms with E-state index in [1.807, 2.05) is 5.57 Å². The molecule has 1 heterocycles. The van der Waals surface area contributed by atoms with Crippen LogP contribution in [0.1, 0.15) is 112 Å². The van der Waals surface area contributed by atoms with E-state index in [0.29, 0.717) is 16.7 Å². The lowest BCUT2D eigenvalue weighted by Gasteiger charge is -2.58. The summed E-state index contributed by atoms with van der Waals surface area (Å²) in [5.41, 5.74) is 2.22. The highest BCUT2D eigenvalue weighted by Crippen LogP contribution is 2.68. The third-order valence-electron chi connectivity index (χ3n) is 12.0. The van der Waals surface area contributed by atoms with Crippen molar-refractivity contribution in [1.82, 2.24) is 0 Å². The van der Waals surface area contributed by atoms with E-state index in [0.717, 1.165) is 61.4 Å². The van der Waals surface area contributed by atoms with Crippen LogP contribution in [0.2, 0.25) is 0 Å². The molecule has 5 unspecified atom stereocenters. The standard InChI is InChI=1S/C29H50O2P.CH4/c1-5-29(30)16-15-27(3)22(20-29)8-9-23-25-11-10-24(28(25,4)14-12-26(23)27)21(2)13-19-32(31)17-6-7-18-32;/h12,21-25,30-31H,5-11,13-20H2,1-4H3;1H4/q+1;/t21-,22+,23?,24?,25?,27?,28?,29+;/m1./s1. The van der Waals surface area contributed by atoms with Crippen molar-refractivity contribution in [2.45, 2.75) is 118 Å². The maximum Gasteiger partial charge on any atom is 0.142 e. The molecule has 1 saturated heterocycles. The molecule has 190 valence electrons. The van der Waals surface area contributed by atoms with Gasteiger partial charge in [0.15, 0.2) is 0 Å². The van der Waals surface area contributed by atoms with E-state index in [-0.39, 0.29) is 7.43 Å². The molecular weight excluding hydrogens is 423 g/mol. The SMILES string of the molecule is C.CC[C@]1(O)CCC2(C)C3=CCC4(C)C(CCC4[C@H](C)CC[P+]4(O)CCCC4)C3CC[C@H]2C1. The van der Waals surface area contributed by atoms with Crippen molar-refractivity contribution >= 4 is 7.49 Å². The number of hydrogen-bond acceptors (Lipinski definition) is 2. The van der Waals surface area contributed by atoms with Gasteiger partial charge in [0.2, 0.25) is 0 Å². The Bertz CT molecular complexity index is 742. The number of fused-ring (bicyclic) bond motifs is 5. The Labute approximate surface area is 205 Å². The first-order chi connectivity index (χ1) is 15.1. The van der Waals surface area contributed by atoms with Gasteiger partial charge < -0.3 is 5.11 Å². The first kappa shape index (κ1) is 26.2. The molecule has 0 aromatic heterocycles. The van der Waals surface area contributed by atoms with E-state index in [9.17, 15) is 10.00 Å². The normalized spacial score (nSPS) is 47.0. The predicted octanol–water partition coefficient (Wildman–Crippen LogP) is 8.09. The highest BCUT2D eigenvalue weighted by Gasteiger charge is 2.58. The van der Waals surface area contributed by atoms with Crippen LogP contribution in [-0.2, 0) is 0 Å². The van der Waals surface area contributed by atoms with Crippen molar-refractivity contribution in [2.75, 3.05) is 18.5 Å². The maximum atomic E-state index is 11.0. The predicted molar refractivity (Wildman–Crippen MR) is 144 cm³/mol. The van der Waals surface area contributed by atoms with Crippen LogP contribution in [0.4, 0.5) is 0 Å². The molecule has 4 aliphatic carbocycles. The second kappa shape index (κ2) is 9.19. The van der Waals surface area contributed by atoms with E-state index in [1.54, 1.807) is 0 Å². The summed E-state index contributed by atoms with van der Waals surface area (Å²) in [5, 5.41) is 11.0. The summed E-state index contributed by atoms with van der Waals surface area (Å²) in [6.07, 6.45) is 20.9. The van der Waals surface area contributed by atoms with Gasteiger partial charge in [-0.3, -0.25) is 4.89 Å². The van der Waals surface area contributed by atoms with E-state index < -0.39 is 13.1 Å². The summed E-state index contributed by atoms with van der Waals surface area (Å²) in [6.45, 7) is 9.90. The van der Waals surface area contributed by atoms with Gasteiger partial charge in [0, 0.05) is 0 Å². The number of hydrogen-bond donors (Lipinski definition) is 2. The molecule has 1 aliphatic heterocycles. The van der Waals surface area contributed by atoms with E-state index in [1.165, 1.54) is 57.8 Å². The lowest BCUT2D eigenvalue weighted by Crippen LogP contribution is -2.51. The monoisotopic (exact) mass is 477 g/mol. The number of aliphatic hydroxyl groups is 1. The van der Waals surface area contributed by atoms with Crippen molar-refractivity contribution < 1.29 is 10.00 Å². The fourth-order valence-electron chi connectivity index (χ4n) is 9.68. The average molecular weight is 478 g/mol. The van der Waals surface area contributed by atoms with Crippen molar-refractivity contribution in [3.8, 4) is 0 Å². The van der Waals surface area contributed by atoms with Crippen LogP contribution in [0.25, 0.3) is 0 Å². The van der Waals surface area contributed by atoms with Gasteiger partial charge in [0.25, 0.3) is 0 Å². The van der Waals surface area contributed by atoms with Gasteiger partial charge >= 0.3 is 0 Å². The molecule has 2 N–H and O–H groups in total. The van der Waals surface area contributed by atoms with Gasteiger partial charge in [0.1, 0.15) is 7.49 Å². The maximum absolute atomic E-state index is 11.0. The molecule has 0 radical (unpaired) electrons. The van der Waals surface area contributed by atoms with Gasteiger partial charge in [0.05, 0.1) is 24.1 Å². The second-order valence-corrected chi connectivity index (χ2v) is 17.0. The highest BCUT2D eigenvalue weighted by molar-refractivity contribution is 7.70. The van der Waals surface area contributed by atoms with Gasteiger partial charge in [-0.25, -0.2) is 0 Å². The van der Waals surface area contributed by atoms with E-state index in [4.69, 9.17) is 0 Å². The molecule has 0 aromatic rings.